The van der Waals surface area contributed by atoms with E-state index in [-0.39, 0.29) is 5.78 Å². The normalized spacial score (nSPS) is 9.86. The van der Waals surface area contributed by atoms with Crippen molar-refractivity contribution in [2.24, 2.45) is 0 Å². The molecular formula is C11H16Cl2O. The Morgan fingerprint density at radius 2 is 1.29 bits per heavy atom. The predicted octanol–water partition coefficient (Wildman–Crippen LogP) is 3.71. The van der Waals surface area contributed by atoms with Gasteiger partial charge in [-0.05, 0) is 36.8 Å². The Kier molecular flexibility index (Phi) is 7.92. The maximum Gasteiger partial charge on any atom is 0.183 e. The molecule has 0 unspecified atom stereocenters. The Morgan fingerprint density at radius 1 is 0.929 bits per heavy atom. The zero-order chi connectivity index (χ0) is 11.0. The van der Waals surface area contributed by atoms with Gasteiger partial charge in [-0.2, -0.15) is 0 Å². The molecule has 0 saturated heterocycles. The molecule has 0 aromatic heterocycles. The van der Waals surface area contributed by atoms with Crippen molar-refractivity contribution < 1.29 is 4.79 Å². The summed E-state index contributed by atoms with van der Waals surface area (Å²) in [7, 11) is 0. The number of halogens is 2. The van der Waals surface area contributed by atoms with Gasteiger partial charge in [0.05, 0.1) is 0 Å². The smallest absolute Gasteiger partial charge is 0.183 e. The van der Waals surface area contributed by atoms with Gasteiger partial charge >= 0.3 is 0 Å². The van der Waals surface area contributed by atoms with E-state index in [2.05, 4.69) is 13.2 Å². The number of carbonyl (C=O) groups is 1. The minimum absolute atomic E-state index is 0.0276. The van der Waals surface area contributed by atoms with Gasteiger partial charge in [-0.3, -0.25) is 4.79 Å². The number of ketones is 1. The van der Waals surface area contributed by atoms with Gasteiger partial charge in [-0.15, -0.1) is 23.2 Å². The first-order valence-electron chi connectivity index (χ1n) is 4.65. The van der Waals surface area contributed by atoms with Crippen molar-refractivity contribution in [2.75, 3.05) is 11.8 Å². The summed E-state index contributed by atoms with van der Waals surface area (Å²) in [5.74, 6) is 1.08. The molecule has 0 bridgehead atoms. The Labute approximate surface area is 95.8 Å². The second-order valence-electron chi connectivity index (χ2n) is 3.12. The van der Waals surface area contributed by atoms with Gasteiger partial charge < -0.3 is 0 Å². The van der Waals surface area contributed by atoms with Gasteiger partial charge in [0.15, 0.2) is 5.78 Å². The van der Waals surface area contributed by atoms with Crippen molar-refractivity contribution in [3.63, 3.8) is 0 Å². The molecule has 3 heteroatoms. The third kappa shape index (κ3) is 5.46. The van der Waals surface area contributed by atoms with Crippen LogP contribution in [0.2, 0.25) is 0 Å². The summed E-state index contributed by atoms with van der Waals surface area (Å²) in [5, 5.41) is 0. The van der Waals surface area contributed by atoms with Gasteiger partial charge in [-0.1, -0.05) is 13.2 Å². The van der Waals surface area contributed by atoms with E-state index >= 15 is 0 Å². The van der Waals surface area contributed by atoms with E-state index in [1.54, 1.807) is 0 Å². The lowest BCUT2D eigenvalue weighted by atomic mass is 9.99. The van der Waals surface area contributed by atoms with E-state index in [9.17, 15) is 4.79 Å². The van der Waals surface area contributed by atoms with Crippen LogP contribution in [-0.4, -0.2) is 17.5 Å². The Bertz CT molecular complexity index is 199. The summed E-state index contributed by atoms with van der Waals surface area (Å²) in [6, 6.07) is 0. The minimum Gasteiger partial charge on any atom is -0.289 e. The second-order valence-corrected chi connectivity index (χ2v) is 3.88. The van der Waals surface area contributed by atoms with Crippen LogP contribution in [0.1, 0.15) is 25.7 Å². The number of allylic oxidation sites excluding steroid dienone is 2. The van der Waals surface area contributed by atoms with Crippen molar-refractivity contribution >= 4 is 29.0 Å². The van der Waals surface area contributed by atoms with Gasteiger partial charge in [0.2, 0.25) is 0 Å². The molecule has 0 radical (unpaired) electrons. The highest BCUT2D eigenvalue weighted by molar-refractivity contribution is 6.18. The largest absolute Gasteiger partial charge is 0.289 e. The highest BCUT2D eigenvalue weighted by atomic mass is 35.5. The first-order valence-corrected chi connectivity index (χ1v) is 5.72. The first kappa shape index (κ1) is 13.7. The van der Waals surface area contributed by atoms with Crippen molar-refractivity contribution in [1.29, 1.82) is 0 Å². The summed E-state index contributed by atoms with van der Waals surface area (Å²) in [6.45, 7) is 7.44. The monoisotopic (exact) mass is 234 g/mol. The minimum atomic E-state index is -0.0276. The van der Waals surface area contributed by atoms with Crippen LogP contribution in [0.3, 0.4) is 0 Å². The maximum atomic E-state index is 11.6. The van der Waals surface area contributed by atoms with Gasteiger partial charge in [0, 0.05) is 11.8 Å². The number of carbonyl (C=O) groups excluding carboxylic acids is 1. The van der Waals surface area contributed by atoms with E-state index in [0.29, 0.717) is 35.7 Å². The lowest BCUT2D eigenvalue weighted by Gasteiger charge is -2.05. The molecule has 0 spiro atoms. The fraction of sp³-hybridized carbons (Fsp3) is 0.545. The predicted molar refractivity (Wildman–Crippen MR) is 63.2 cm³/mol. The summed E-state index contributed by atoms with van der Waals surface area (Å²) in [4.78, 5) is 11.6. The molecule has 0 aromatic rings. The quantitative estimate of drug-likeness (QED) is 0.463. The van der Waals surface area contributed by atoms with E-state index in [1.807, 2.05) is 0 Å². The summed E-state index contributed by atoms with van der Waals surface area (Å²) in [6.07, 6.45) is 2.88. The Hall–Kier alpha value is -0.270. The third-order valence-corrected chi connectivity index (χ3v) is 2.40. The molecule has 0 atom stereocenters. The number of Topliss-reactive ketones (excluding diaryl/α,β-unsaturated/α-hetero) is 1. The highest BCUT2D eigenvalue weighted by Crippen LogP contribution is 2.13. The average Bonchev–Trinajstić information content (AvgIpc) is 2.21. The number of hydrogen-bond acceptors (Lipinski definition) is 1. The number of hydrogen-bond donors (Lipinski definition) is 0. The molecule has 0 saturated carbocycles. The number of alkyl halides is 2. The van der Waals surface area contributed by atoms with Crippen molar-refractivity contribution in [2.45, 2.75) is 25.7 Å². The third-order valence-electron chi connectivity index (χ3n) is 1.87. The SMILES string of the molecule is C=C(CCCCl)C(=O)C(=C)CCCCl. The van der Waals surface area contributed by atoms with E-state index in [4.69, 9.17) is 23.2 Å². The number of rotatable bonds is 8. The Morgan fingerprint density at radius 3 is 1.57 bits per heavy atom. The van der Waals surface area contributed by atoms with E-state index < -0.39 is 0 Å². The fourth-order valence-corrected chi connectivity index (χ4v) is 1.30. The van der Waals surface area contributed by atoms with Gasteiger partial charge in [0.25, 0.3) is 0 Å². The molecule has 0 heterocycles. The van der Waals surface area contributed by atoms with Crippen LogP contribution in [0.4, 0.5) is 0 Å². The summed E-state index contributed by atoms with van der Waals surface area (Å²) >= 11 is 11.0. The molecule has 80 valence electrons. The van der Waals surface area contributed by atoms with Gasteiger partial charge in [-0.25, -0.2) is 0 Å². The Balaban J connectivity index is 3.92. The summed E-state index contributed by atoms with van der Waals surface area (Å²) < 4.78 is 0. The molecule has 0 aromatic carbocycles. The lowest BCUT2D eigenvalue weighted by molar-refractivity contribution is -0.112. The molecule has 0 amide bonds. The van der Waals surface area contributed by atoms with E-state index in [0.717, 1.165) is 12.8 Å². The van der Waals surface area contributed by atoms with E-state index in [1.165, 1.54) is 0 Å². The molecular weight excluding hydrogens is 219 g/mol. The molecule has 0 fully saturated rings. The fourth-order valence-electron chi connectivity index (χ4n) is 1.04. The van der Waals surface area contributed by atoms with Crippen LogP contribution in [-0.2, 0) is 4.79 Å². The lowest BCUT2D eigenvalue weighted by Crippen LogP contribution is -2.05. The topological polar surface area (TPSA) is 17.1 Å². The zero-order valence-corrected chi connectivity index (χ0v) is 9.83. The van der Waals surface area contributed by atoms with Gasteiger partial charge in [0.1, 0.15) is 0 Å². The molecule has 1 nitrogen and oxygen atoms in total. The van der Waals surface area contributed by atoms with Crippen molar-refractivity contribution in [3.8, 4) is 0 Å². The van der Waals surface area contributed by atoms with Crippen LogP contribution in [0, 0.1) is 0 Å². The van der Waals surface area contributed by atoms with Crippen LogP contribution in [0.5, 0.6) is 0 Å². The maximum absolute atomic E-state index is 11.6. The molecule has 0 aliphatic heterocycles. The molecule has 0 rings (SSSR count). The second kappa shape index (κ2) is 8.07. The molecule has 0 aliphatic rings. The molecule has 0 aliphatic carbocycles. The highest BCUT2D eigenvalue weighted by Gasteiger charge is 2.10. The van der Waals surface area contributed by atoms with Crippen LogP contribution < -0.4 is 0 Å². The zero-order valence-electron chi connectivity index (χ0n) is 8.32. The van der Waals surface area contributed by atoms with Crippen molar-refractivity contribution in [1.82, 2.24) is 0 Å². The molecule has 0 N–H and O–H groups in total. The molecule has 14 heavy (non-hydrogen) atoms. The first-order chi connectivity index (χ1) is 6.63. The van der Waals surface area contributed by atoms with Crippen LogP contribution in [0.15, 0.2) is 24.3 Å². The van der Waals surface area contributed by atoms with Crippen LogP contribution >= 0.6 is 23.2 Å². The average molecular weight is 235 g/mol. The van der Waals surface area contributed by atoms with Crippen LogP contribution in [0.25, 0.3) is 0 Å². The standard InChI is InChI=1S/C11H16Cl2O/c1-9(5-3-7-12)11(14)10(2)6-4-8-13/h1-8H2. The summed E-state index contributed by atoms with van der Waals surface area (Å²) in [5.41, 5.74) is 1.20. The van der Waals surface area contributed by atoms with Crippen molar-refractivity contribution in [3.05, 3.63) is 24.3 Å².